The zero-order chi connectivity index (χ0) is 8.82. The van der Waals surface area contributed by atoms with Gasteiger partial charge in [-0.15, -0.1) is 0 Å². The van der Waals surface area contributed by atoms with Crippen LogP contribution in [-0.4, -0.2) is 23.8 Å². The minimum atomic E-state index is -0.722. The summed E-state index contributed by atoms with van der Waals surface area (Å²) in [7, 11) is 1.39. The molecule has 0 spiro atoms. The summed E-state index contributed by atoms with van der Waals surface area (Å²) < 4.78 is 4.70. The van der Waals surface area contributed by atoms with Crippen molar-refractivity contribution in [2.75, 3.05) is 7.11 Å². The van der Waals surface area contributed by atoms with Gasteiger partial charge in [-0.3, -0.25) is 4.79 Å². The Morgan fingerprint density at radius 1 is 1.33 bits per heavy atom. The van der Waals surface area contributed by atoms with Gasteiger partial charge in [0.05, 0.1) is 18.1 Å². The Balaban J connectivity index is 2.15. The van der Waals surface area contributed by atoms with E-state index in [4.69, 9.17) is 4.74 Å². The minimum Gasteiger partial charge on any atom is -0.469 e. The van der Waals surface area contributed by atoms with Crippen LogP contribution in [0.1, 0.15) is 32.1 Å². The third-order valence-corrected chi connectivity index (χ3v) is 3.40. The maximum Gasteiger partial charge on any atom is 0.314 e. The van der Waals surface area contributed by atoms with Crippen LogP contribution in [0.15, 0.2) is 0 Å². The highest BCUT2D eigenvalue weighted by atomic mass is 16.5. The Bertz CT molecular complexity index is 214. The van der Waals surface area contributed by atoms with Crippen LogP contribution < -0.4 is 0 Å². The quantitative estimate of drug-likeness (QED) is 0.625. The van der Waals surface area contributed by atoms with Gasteiger partial charge in [0, 0.05) is 0 Å². The number of aliphatic hydroxyl groups is 1. The predicted octanol–water partition coefficient (Wildman–Crippen LogP) is 0.855. The van der Waals surface area contributed by atoms with E-state index in [2.05, 4.69) is 0 Å². The molecule has 0 aromatic rings. The normalized spacial score (nSPS) is 28.8. The van der Waals surface area contributed by atoms with Gasteiger partial charge < -0.3 is 9.84 Å². The number of rotatable bonds is 2. The Kier molecular flexibility index (Phi) is 1.49. The smallest absolute Gasteiger partial charge is 0.314 e. The Morgan fingerprint density at radius 2 is 1.92 bits per heavy atom. The summed E-state index contributed by atoms with van der Waals surface area (Å²) in [5.74, 6) is -0.218. The lowest BCUT2D eigenvalue weighted by Gasteiger charge is -2.42. The van der Waals surface area contributed by atoms with Crippen molar-refractivity contribution in [2.45, 2.75) is 37.7 Å². The van der Waals surface area contributed by atoms with Crippen LogP contribution in [0.25, 0.3) is 0 Å². The van der Waals surface area contributed by atoms with Crippen LogP contribution in [0.3, 0.4) is 0 Å². The third-order valence-electron chi connectivity index (χ3n) is 3.40. The summed E-state index contributed by atoms with van der Waals surface area (Å²) in [5.41, 5.74) is -1.24. The van der Waals surface area contributed by atoms with Crippen molar-refractivity contribution >= 4 is 5.97 Å². The minimum absolute atomic E-state index is 0.218. The zero-order valence-electron chi connectivity index (χ0n) is 7.30. The molecule has 0 aromatic heterocycles. The third kappa shape index (κ3) is 0.774. The molecule has 2 saturated carbocycles. The van der Waals surface area contributed by atoms with Gasteiger partial charge >= 0.3 is 5.97 Å². The highest BCUT2D eigenvalue weighted by molar-refractivity contribution is 5.81. The van der Waals surface area contributed by atoms with Crippen LogP contribution in [0, 0.1) is 5.41 Å². The molecule has 2 rings (SSSR count). The standard InChI is InChI=1S/C9H14O3/c1-12-7(10)8(5-6-8)9(11)3-2-4-9/h11H,2-6H2,1H3. The molecule has 0 bridgehead atoms. The van der Waals surface area contributed by atoms with Crippen molar-refractivity contribution in [1.82, 2.24) is 0 Å². The highest BCUT2D eigenvalue weighted by Crippen LogP contribution is 2.61. The average molecular weight is 170 g/mol. The maximum atomic E-state index is 11.4. The number of methoxy groups -OCH3 is 1. The second-order valence-electron chi connectivity index (χ2n) is 3.96. The van der Waals surface area contributed by atoms with E-state index in [1.165, 1.54) is 7.11 Å². The number of carbonyl (C=O) groups excluding carboxylic acids is 1. The molecule has 3 heteroatoms. The van der Waals surface area contributed by atoms with Crippen LogP contribution in [0.5, 0.6) is 0 Å². The van der Waals surface area contributed by atoms with Crippen LogP contribution in [-0.2, 0) is 9.53 Å². The van der Waals surface area contributed by atoms with E-state index in [-0.39, 0.29) is 5.97 Å². The summed E-state index contributed by atoms with van der Waals surface area (Å²) >= 11 is 0. The molecule has 2 aliphatic carbocycles. The van der Waals surface area contributed by atoms with Gasteiger partial charge in [0.2, 0.25) is 0 Å². The van der Waals surface area contributed by atoms with Gasteiger partial charge in [-0.25, -0.2) is 0 Å². The lowest BCUT2D eigenvalue weighted by molar-refractivity contribution is -0.168. The zero-order valence-corrected chi connectivity index (χ0v) is 7.30. The summed E-state index contributed by atoms with van der Waals surface area (Å²) in [6, 6.07) is 0. The van der Waals surface area contributed by atoms with Crippen molar-refractivity contribution in [1.29, 1.82) is 0 Å². The number of esters is 1. The van der Waals surface area contributed by atoms with Gasteiger partial charge in [0.25, 0.3) is 0 Å². The molecule has 3 nitrogen and oxygen atoms in total. The number of hydrogen-bond acceptors (Lipinski definition) is 3. The first-order valence-corrected chi connectivity index (χ1v) is 4.45. The molecule has 0 aromatic carbocycles. The van der Waals surface area contributed by atoms with E-state index in [1.54, 1.807) is 0 Å². The van der Waals surface area contributed by atoms with Crippen molar-refractivity contribution in [2.24, 2.45) is 5.41 Å². The fourth-order valence-electron chi connectivity index (χ4n) is 2.17. The molecule has 12 heavy (non-hydrogen) atoms. The lowest BCUT2D eigenvalue weighted by Crippen LogP contribution is -2.50. The second kappa shape index (κ2) is 2.22. The molecule has 0 radical (unpaired) electrons. The first kappa shape index (κ1) is 8.05. The van der Waals surface area contributed by atoms with Crippen molar-refractivity contribution in [3.05, 3.63) is 0 Å². The summed E-state index contributed by atoms with van der Waals surface area (Å²) in [6.07, 6.45) is 4.17. The van der Waals surface area contributed by atoms with Gasteiger partial charge in [-0.05, 0) is 32.1 Å². The lowest BCUT2D eigenvalue weighted by atomic mass is 9.69. The summed E-state index contributed by atoms with van der Waals surface area (Å²) in [5, 5.41) is 10.0. The van der Waals surface area contributed by atoms with Gasteiger partial charge in [0.15, 0.2) is 0 Å². The SMILES string of the molecule is COC(=O)C1(C2(O)CCC2)CC1. The van der Waals surface area contributed by atoms with Crippen molar-refractivity contribution < 1.29 is 14.6 Å². The van der Waals surface area contributed by atoms with E-state index >= 15 is 0 Å². The van der Waals surface area contributed by atoms with E-state index in [1.807, 2.05) is 0 Å². The fourth-order valence-corrected chi connectivity index (χ4v) is 2.17. The Morgan fingerprint density at radius 3 is 2.17 bits per heavy atom. The Labute approximate surface area is 71.7 Å². The van der Waals surface area contributed by atoms with Gasteiger partial charge in [0.1, 0.15) is 0 Å². The fraction of sp³-hybridized carbons (Fsp3) is 0.889. The molecule has 0 heterocycles. The van der Waals surface area contributed by atoms with Crippen molar-refractivity contribution in [3.8, 4) is 0 Å². The van der Waals surface area contributed by atoms with E-state index in [0.717, 1.165) is 32.1 Å². The molecule has 2 fully saturated rings. The molecule has 0 atom stereocenters. The molecule has 0 unspecified atom stereocenters. The first-order chi connectivity index (χ1) is 5.65. The van der Waals surface area contributed by atoms with Crippen LogP contribution in [0.4, 0.5) is 0 Å². The molecule has 0 aliphatic heterocycles. The van der Waals surface area contributed by atoms with Crippen molar-refractivity contribution in [3.63, 3.8) is 0 Å². The number of hydrogen-bond donors (Lipinski definition) is 1. The number of carbonyl (C=O) groups is 1. The highest BCUT2D eigenvalue weighted by Gasteiger charge is 2.66. The molecular weight excluding hydrogens is 156 g/mol. The van der Waals surface area contributed by atoms with Crippen LogP contribution in [0.2, 0.25) is 0 Å². The number of ether oxygens (including phenoxy) is 1. The first-order valence-electron chi connectivity index (χ1n) is 4.45. The largest absolute Gasteiger partial charge is 0.469 e. The van der Waals surface area contributed by atoms with Gasteiger partial charge in [-0.1, -0.05) is 0 Å². The molecule has 68 valence electrons. The van der Waals surface area contributed by atoms with E-state index in [9.17, 15) is 9.90 Å². The molecular formula is C9H14O3. The summed E-state index contributed by atoms with van der Waals surface area (Å²) in [4.78, 5) is 11.4. The van der Waals surface area contributed by atoms with E-state index in [0.29, 0.717) is 0 Å². The second-order valence-corrected chi connectivity index (χ2v) is 3.96. The monoisotopic (exact) mass is 170 g/mol. The molecule has 0 saturated heterocycles. The molecule has 2 aliphatic rings. The topological polar surface area (TPSA) is 46.5 Å². The molecule has 1 N–H and O–H groups in total. The van der Waals surface area contributed by atoms with E-state index < -0.39 is 11.0 Å². The summed E-state index contributed by atoms with van der Waals surface area (Å²) in [6.45, 7) is 0. The van der Waals surface area contributed by atoms with Gasteiger partial charge in [-0.2, -0.15) is 0 Å². The van der Waals surface area contributed by atoms with Crippen LogP contribution >= 0.6 is 0 Å². The predicted molar refractivity (Wildman–Crippen MR) is 42.5 cm³/mol. The average Bonchev–Trinajstić information content (AvgIpc) is 2.79. The maximum absolute atomic E-state index is 11.4. The Hall–Kier alpha value is -0.570. The molecule has 0 amide bonds.